The number of carbonyl (C=O) groups is 1. The quantitative estimate of drug-likeness (QED) is 0.644. The second-order valence-corrected chi connectivity index (χ2v) is 6.54. The Morgan fingerprint density at radius 2 is 1.75 bits per heavy atom. The molecule has 146 valence electrons. The van der Waals surface area contributed by atoms with Crippen molar-refractivity contribution in [2.75, 3.05) is 0 Å². The molecule has 3 rings (SSSR count). The number of hydrogen-bond donors (Lipinski definition) is 1. The lowest BCUT2D eigenvalue weighted by molar-refractivity contribution is -0.141. The number of aromatic nitrogens is 2. The van der Waals surface area contributed by atoms with Crippen molar-refractivity contribution >= 4 is 17.5 Å². The van der Waals surface area contributed by atoms with Gasteiger partial charge in [-0.05, 0) is 29.7 Å². The lowest BCUT2D eigenvalue weighted by Gasteiger charge is -2.10. The molecule has 0 aliphatic rings. The molecule has 2 aromatic carbocycles. The van der Waals surface area contributed by atoms with E-state index in [0.29, 0.717) is 0 Å². The molecule has 0 unspecified atom stereocenters. The second kappa shape index (κ2) is 8.06. The van der Waals surface area contributed by atoms with Crippen LogP contribution in [0.15, 0.2) is 54.6 Å². The Morgan fingerprint density at radius 3 is 2.36 bits per heavy atom. The Kier molecular flexibility index (Phi) is 5.74. The van der Waals surface area contributed by atoms with Gasteiger partial charge in [0.1, 0.15) is 5.69 Å². The van der Waals surface area contributed by atoms with E-state index in [4.69, 9.17) is 11.6 Å². The Labute approximate surface area is 164 Å². The molecule has 0 bridgehead atoms. The van der Waals surface area contributed by atoms with E-state index in [0.717, 1.165) is 28.3 Å². The van der Waals surface area contributed by atoms with Crippen molar-refractivity contribution < 1.29 is 18.0 Å². The molecule has 1 heterocycles. The normalized spacial score (nSPS) is 11.5. The highest BCUT2D eigenvalue weighted by Gasteiger charge is 2.36. The molecular formula is C20H17ClF3N3O. The molecule has 0 aliphatic heterocycles. The molecule has 0 atom stereocenters. The SMILES string of the molecule is CCc1ccc(CNC(=O)c2cc(C(F)(F)F)nn2-c2ccccc2Cl)cc1. The first kappa shape index (κ1) is 19.9. The van der Waals surface area contributed by atoms with Crippen LogP contribution >= 0.6 is 11.6 Å². The van der Waals surface area contributed by atoms with Gasteiger partial charge in [0.15, 0.2) is 5.69 Å². The maximum absolute atomic E-state index is 13.1. The highest BCUT2D eigenvalue weighted by atomic mass is 35.5. The fourth-order valence-corrected chi connectivity index (χ4v) is 2.87. The summed E-state index contributed by atoms with van der Waals surface area (Å²) in [6.45, 7) is 2.21. The van der Waals surface area contributed by atoms with E-state index in [9.17, 15) is 18.0 Å². The van der Waals surface area contributed by atoms with E-state index >= 15 is 0 Å². The molecule has 8 heteroatoms. The minimum atomic E-state index is -4.68. The van der Waals surface area contributed by atoms with Gasteiger partial charge in [-0.15, -0.1) is 0 Å². The Balaban J connectivity index is 1.89. The third kappa shape index (κ3) is 4.36. The summed E-state index contributed by atoms with van der Waals surface area (Å²) in [5, 5.41) is 6.38. The van der Waals surface area contributed by atoms with Crippen molar-refractivity contribution in [2.24, 2.45) is 0 Å². The van der Waals surface area contributed by atoms with Crippen LogP contribution < -0.4 is 5.32 Å². The maximum atomic E-state index is 13.1. The van der Waals surface area contributed by atoms with Gasteiger partial charge < -0.3 is 5.32 Å². The van der Waals surface area contributed by atoms with Crippen LogP contribution in [0.5, 0.6) is 0 Å². The molecule has 28 heavy (non-hydrogen) atoms. The molecule has 3 aromatic rings. The summed E-state index contributed by atoms with van der Waals surface area (Å²) >= 11 is 6.09. The third-order valence-corrected chi connectivity index (χ3v) is 4.52. The van der Waals surface area contributed by atoms with Crippen LogP contribution in [0.4, 0.5) is 13.2 Å². The smallest absolute Gasteiger partial charge is 0.347 e. The number of amides is 1. The summed E-state index contributed by atoms with van der Waals surface area (Å²) in [5.74, 6) is -0.678. The van der Waals surface area contributed by atoms with E-state index in [1.807, 2.05) is 31.2 Å². The number of nitrogens with one attached hydrogen (secondary N) is 1. The third-order valence-electron chi connectivity index (χ3n) is 4.20. The summed E-state index contributed by atoms with van der Waals surface area (Å²) in [5.41, 5.74) is 0.777. The molecule has 0 saturated carbocycles. The van der Waals surface area contributed by atoms with E-state index in [2.05, 4.69) is 10.4 Å². The summed E-state index contributed by atoms with van der Waals surface area (Å²) < 4.78 is 40.3. The van der Waals surface area contributed by atoms with Crippen molar-refractivity contribution in [3.8, 4) is 5.69 Å². The predicted octanol–water partition coefficient (Wildman–Crippen LogP) is 5.04. The molecule has 0 aliphatic carbocycles. The molecule has 1 N–H and O–H groups in total. The molecule has 0 radical (unpaired) electrons. The lowest BCUT2D eigenvalue weighted by atomic mass is 10.1. The Hall–Kier alpha value is -2.80. The van der Waals surface area contributed by atoms with Crippen LogP contribution in [0.1, 0.15) is 34.2 Å². The van der Waals surface area contributed by atoms with E-state index in [1.165, 1.54) is 12.1 Å². The van der Waals surface area contributed by atoms with E-state index < -0.39 is 17.8 Å². The number of nitrogens with zero attached hydrogens (tertiary/aromatic N) is 2. The van der Waals surface area contributed by atoms with Crippen molar-refractivity contribution in [3.05, 3.63) is 82.1 Å². The first-order valence-electron chi connectivity index (χ1n) is 8.57. The number of para-hydroxylation sites is 1. The zero-order valence-electron chi connectivity index (χ0n) is 14.9. The maximum Gasteiger partial charge on any atom is 0.435 e. The molecule has 1 amide bonds. The van der Waals surface area contributed by atoms with Gasteiger partial charge >= 0.3 is 6.18 Å². The number of alkyl halides is 3. The standard InChI is InChI=1S/C20H17ClF3N3O/c1-2-13-7-9-14(10-8-13)12-25-19(28)17-11-18(20(22,23)24)26-27(17)16-6-4-3-5-15(16)21/h3-11H,2,12H2,1H3,(H,25,28). The number of rotatable bonds is 5. The average molecular weight is 408 g/mol. The van der Waals surface area contributed by atoms with Crippen LogP contribution in [0.2, 0.25) is 5.02 Å². The van der Waals surface area contributed by atoms with Gasteiger partial charge in [-0.3, -0.25) is 4.79 Å². The molecule has 1 aromatic heterocycles. The number of aryl methyl sites for hydroxylation is 1. The number of benzene rings is 2. The van der Waals surface area contributed by atoms with Gasteiger partial charge in [-0.1, -0.05) is 54.9 Å². The highest BCUT2D eigenvalue weighted by molar-refractivity contribution is 6.32. The number of hydrogen-bond acceptors (Lipinski definition) is 2. The predicted molar refractivity (Wildman–Crippen MR) is 101 cm³/mol. The number of halogens is 4. The molecule has 0 fully saturated rings. The molecule has 0 spiro atoms. The zero-order valence-corrected chi connectivity index (χ0v) is 15.7. The minimum absolute atomic E-state index is 0.178. The monoisotopic (exact) mass is 407 g/mol. The first-order valence-corrected chi connectivity index (χ1v) is 8.95. The van der Waals surface area contributed by atoms with Gasteiger partial charge in [-0.25, -0.2) is 4.68 Å². The van der Waals surface area contributed by atoms with Crippen LogP contribution in [0, 0.1) is 0 Å². The van der Waals surface area contributed by atoms with E-state index in [1.54, 1.807) is 12.1 Å². The van der Waals surface area contributed by atoms with Crippen LogP contribution in [-0.4, -0.2) is 15.7 Å². The molecule has 4 nitrogen and oxygen atoms in total. The van der Waals surface area contributed by atoms with Crippen molar-refractivity contribution in [2.45, 2.75) is 26.1 Å². The van der Waals surface area contributed by atoms with Crippen LogP contribution in [0.25, 0.3) is 5.69 Å². The van der Waals surface area contributed by atoms with Gasteiger partial charge in [0.25, 0.3) is 5.91 Å². The average Bonchev–Trinajstić information content (AvgIpc) is 3.12. The van der Waals surface area contributed by atoms with Gasteiger partial charge in [-0.2, -0.15) is 18.3 Å². The Bertz CT molecular complexity index is 981. The summed E-state index contributed by atoms with van der Waals surface area (Å²) in [6, 6.07) is 14.6. The van der Waals surface area contributed by atoms with E-state index in [-0.39, 0.29) is 22.9 Å². The minimum Gasteiger partial charge on any atom is -0.347 e. The lowest BCUT2D eigenvalue weighted by Crippen LogP contribution is -2.25. The Morgan fingerprint density at radius 1 is 1.11 bits per heavy atom. The second-order valence-electron chi connectivity index (χ2n) is 6.13. The summed E-state index contributed by atoms with van der Waals surface area (Å²) in [6.07, 6.45) is -3.79. The summed E-state index contributed by atoms with van der Waals surface area (Å²) in [7, 11) is 0. The van der Waals surface area contributed by atoms with Gasteiger partial charge in [0.05, 0.1) is 10.7 Å². The summed E-state index contributed by atoms with van der Waals surface area (Å²) in [4.78, 5) is 12.6. The highest BCUT2D eigenvalue weighted by Crippen LogP contribution is 2.30. The van der Waals surface area contributed by atoms with Crippen molar-refractivity contribution in [1.82, 2.24) is 15.1 Å². The van der Waals surface area contributed by atoms with Crippen LogP contribution in [0.3, 0.4) is 0 Å². The van der Waals surface area contributed by atoms with Crippen molar-refractivity contribution in [3.63, 3.8) is 0 Å². The number of carbonyl (C=O) groups excluding carboxylic acids is 1. The molecule has 0 saturated heterocycles. The fourth-order valence-electron chi connectivity index (χ4n) is 2.65. The first-order chi connectivity index (χ1) is 13.3. The topological polar surface area (TPSA) is 46.9 Å². The largest absolute Gasteiger partial charge is 0.435 e. The van der Waals surface area contributed by atoms with Crippen LogP contribution in [-0.2, 0) is 19.1 Å². The molecular weight excluding hydrogens is 391 g/mol. The van der Waals surface area contributed by atoms with Gasteiger partial charge in [0.2, 0.25) is 0 Å². The zero-order chi connectivity index (χ0) is 20.3. The fraction of sp³-hybridized carbons (Fsp3) is 0.200. The van der Waals surface area contributed by atoms with Crippen molar-refractivity contribution in [1.29, 1.82) is 0 Å². The van der Waals surface area contributed by atoms with Gasteiger partial charge in [0, 0.05) is 12.6 Å².